The van der Waals surface area contributed by atoms with E-state index in [0.29, 0.717) is 4.47 Å². The Morgan fingerprint density at radius 2 is 2.07 bits per heavy atom. The lowest BCUT2D eigenvalue weighted by molar-refractivity contribution is 0.100. The van der Waals surface area contributed by atoms with Gasteiger partial charge in [-0.25, -0.2) is 8.78 Å². The van der Waals surface area contributed by atoms with Crippen LogP contribution in [0.5, 0.6) is 0 Å². The van der Waals surface area contributed by atoms with Crippen LogP contribution in [0.3, 0.4) is 0 Å². The summed E-state index contributed by atoms with van der Waals surface area (Å²) in [6, 6.07) is 2.47. The number of alkyl halides is 2. The summed E-state index contributed by atoms with van der Waals surface area (Å²) in [5.74, 6) is -0.425. The fourth-order valence-electron chi connectivity index (χ4n) is 1.28. The third-order valence-electron chi connectivity index (χ3n) is 1.93. The van der Waals surface area contributed by atoms with E-state index >= 15 is 0 Å². The molecule has 0 spiro atoms. The number of aldehydes is 1. The predicted octanol–water partition coefficient (Wildman–Crippen LogP) is 3.40. The van der Waals surface area contributed by atoms with Gasteiger partial charge in [0.15, 0.2) is 12.1 Å². The fourth-order valence-corrected chi connectivity index (χ4v) is 1.91. The molecule has 0 N–H and O–H groups in total. The first kappa shape index (κ1) is 12.0. The third kappa shape index (κ3) is 2.28. The molecule has 0 fully saturated rings. The lowest BCUT2D eigenvalue weighted by Gasteiger charge is -2.09. The Kier molecular flexibility index (Phi) is 3.68. The van der Waals surface area contributed by atoms with Crippen molar-refractivity contribution in [2.24, 2.45) is 0 Å². The zero-order chi connectivity index (χ0) is 11.6. The van der Waals surface area contributed by atoms with Crippen molar-refractivity contribution in [2.75, 3.05) is 0 Å². The molecule has 0 aliphatic heterocycles. The lowest BCUT2D eigenvalue weighted by atomic mass is 10.00. The lowest BCUT2D eigenvalue weighted by Crippen LogP contribution is -2.05. The van der Waals surface area contributed by atoms with E-state index in [1.807, 2.05) is 0 Å². The van der Waals surface area contributed by atoms with Gasteiger partial charge < -0.3 is 0 Å². The molecule has 1 rings (SSSR count). The van der Waals surface area contributed by atoms with Crippen LogP contribution in [-0.2, 0) is 0 Å². The van der Waals surface area contributed by atoms with E-state index < -0.39 is 17.8 Å². The molecule has 2 nitrogen and oxygen atoms in total. The van der Waals surface area contributed by atoms with Crippen LogP contribution in [0.15, 0.2) is 16.6 Å². The molecule has 0 unspecified atom stereocenters. The molecule has 0 saturated heterocycles. The van der Waals surface area contributed by atoms with E-state index in [9.17, 15) is 18.4 Å². The van der Waals surface area contributed by atoms with Gasteiger partial charge in [0.05, 0.1) is 0 Å². The second-order valence-electron chi connectivity index (χ2n) is 2.90. The average molecular weight is 277 g/mol. The van der Waals surface area contributed by atoms with Crippen molar-refractivity contribution in [1.82, 2.24) is 0 Å². The van der Waals surface area contributed by atoms with E-state index in [1.54, 1.807) is 0 Å². The standard InChI is InChI=1S/C10H7BrF2O2/c1-5(15)9-7(4-14)6(10(12)13)2-3-8(9)11/h2-4,10H,1H3. The minimum absolute atomic E-state index is 0.00259. The van der Waals surface area contributed by atoms with Gasteiger partial charge in [0.25, 0.3) is 6.43 Å². The molecule has 1 aromatic carbocycles. The highest BCUT2D eigenvalue weighted by molar-refractivity contribution is 9.10. The molecular formula is C10H7BrF2O2. The Morgan fingerprint density at radius 1 is 1.47 bits per heavy atom. The number of carbonyl (C=O) groups excluding carboxylic acids is 2. The Morgan fingerprint density at radius 3 is 2.47 bits per heavy atom. The topological polar surface area (TPSA) is 34.1 Å². The van der Waals surface area contributed by atoms with Crippen LogP contribution in [0, 0.1) is 0 Å². The molecular weight excluding hydrogens is 270 g/mol. The van der Waals surface area contributed by atoms with Crippen molar-refractivity contribution in [3.63, 3.8) is 0 Å². The van der Waals surface area contributed by atoms with Crippen LogP contribution >= 0.6 is 15.9 Å². The highest BCUT2D eigenvalue weighted by Crippen LogP contribution is 2.29. The summed E-state index contributed by atoms with van der Waals surface area (Å²) in [6.07, 6.45) is -2.49. The van der Waals surface area contributed by atoms with Crippen molar-refractivity contribution >= 4 is 28.0 Å². The average Bonchev–Trinajstić information content (AvgIpc) is 2.15. The van der Waals surface area contributed by atoms with E-state index in [1.165, 1.54) is 13.0 Å². The molecule has 0 aliphatic carbocycles. The van der Waals surface area contributed by atoms with Crippen molar-refractivity contribution < 1.29 is 18.4 Å². The Hall–Kier alpha value is -1.10. The summed E-state index contributed by atoms with van der Waals surface area (Å²) < 4.78 is 25.4. The minimum Gasteiger partial charge on any atom is -0.298 e. The van der Waals surface area contributed by atoms with E-state index in [4.69, 9.17) is 0 Å². The first-order valence-corrected chi connectivity index (χ1v) is 4.85. The van der Waals surface area contributed by atoms with Crippen molar-refractivity contribution in [3.8, 4) is 0 Å². The number of hydrogen-bond donors (Lipinski definition) is 0. The summed E-state index contributed by atoms with van der Waals surface area (Å²) >= 11 is 3.05. The molecule has 0 bridgehead atoms. The number of ketones is 1. The molecule has 0 radical (unpaired) electrons. The smallest absolute Gasteiger partial charge is 0.264 e. The fraction of sp³-hybridized carbons (Fsp3) is 0.200. The first-order chi connectivity index (χ1) is 6.99. The monoisotopic (exact) mass is 276 g/mol. The van der Waals surface area contributed by atoms with Crippen LogP contribution in [-0.4, -0.2) is 12.1 Å². The second-order valence-corrected chi connectivity index (χ2v) is 3.75. The van der Waals surface area contributed by atoms with Gasteiger partial charge in [0.2, 0.25) is 0 Å². The summed E-state index contributed by atoms with van der Waals surface area (Å²) in [4.78, 5) is 21.9. The highest BCUT2D eigenvalue weighted by atomic mass is 79.9. The minimum atomic E-state index is -2.77. The highest BCUT2D eigenvalue weighted by Gasteiger charge is 2.20. The summed E-state index contributed by atoms with van der Waals surface area (Å²) in [5, 5.41) is 0. The van der Waals surface area contributed by atoms with Crippen LogP contribution in [0.2, 0.25) is 0 Å². The van der Waals surface area contributed by atoms with E-state index in [-0.39, 0.29) is 17.4 Å². The zero-order valence-corrected chi connectivity index (χ0v) is 9.35. The number of benzene rings is 1. The van der Waals surface area contributed by atoms with Gasteiger partial charge in [-0.15, -0.1) is 0 Å². The van der Waals surface area contributed by atoms with E-state index in [2.05, 4.69) is 15.9 Å². The Labute approximate surface area is 93.4 Å². The van der Waals surface area contributed by atoms with Gasteiger partial charge in [0, 0.05) is 21.2 Å². The van der Waals surface area contributed by atoms with Crippen molar-refractivity contribution in [2.45, 2.75) is 13.3 Å². The number of carbonyl (C=O) groups is 2. The Bertz CT molecular complexity index is 416. The zero-order valence-electron chi connectivity index (χ0n) is 7.76. The summed E-state index contributed by atoms with van der Waals surface area (Å²) in [5.41, 5.74) is -0.659. The maximum Gasteiger partial charge on any atom is 0.264 e. The maximum absolute atomic E-state index is 12.5. The molecule has 15 heavy (non-hydrogen) atoms. The van der Waals surface area contributed by atoms with Gasteiger partial charge >= 0.3 is 0 Å². The number of hydrogen-bond acceptors (Lipinski definition) is 2. The van der Waals surface area contributed by atoms with E-state index in [0.717, 1.165) is 6.07 Å². The summed E-state index contributed by atoms with van der Waals surface area (Å²) in [7, 11) is 0. The molecule has 0 atom stereocenters. The molecule has 0 amide bonds. The largest absolute Gasteiger partial charge is 0.298 e. The second kappa shape index (κ2) is 4.61. The molecule has 0 saturated carbocycles. The van der Waals surface area contributed by atoms with Gasteiger partial charge in [-0.05, 0) is 13.0 Å². The molecule has 5 heteroatoms. The SMILES string of the molecule is CC(=O)c1c(Br)ccc(C(F)F)c1C=O. The molecule has 80 valence electrons. The molecule has 0 aromatic heterocycles. The predicted molar refractivity (Wildman–Crippen MR) is 54.5 cm³/mol. The van der Waals surface area contributed by atoms with Gasteiger partial charge in [-0.2, -0.15) is 0 Å². The van der Waals surface area contributed by atoms with Crippen LogP contribution in [0.1, 0.15) is 39.6 Å². The van der Waals surface area contributed by atoms with Crippen molar-refractivity contribution in [3.05, 3.63) is 33.3 Å². The normalized spacial score (nSPS) is 10.5. The number of halogens is 3. The number of rotatable bonds is 3. The Balaban J connectivity index is 3.54. The molecule has 0 heterocycles. The van der Waals surface area contributed by atoms with Gasteiger partial charge in [-0.1, -0.05) is 22.0 Å². The molecule has 1 aromatic rings. The van der Waals surface area contributed by atoms with Crippen LogP contribution < -0.4 is 0 Å². The van der Waals surface area contributed by atoms with Gasteiger partial charge in [0.1, 0.15) is 0 Å². The van der Waals surface area contributed by atoms with Gasteiger partial charge in [-0.3, -0.25) is 9.59 Å². The van der Waals surface area contributed by atoms with Crippen LogP contribution in [0.4, 0.5) is 8.78 Å². The summed E-state index contributed by atoms with van der Waals surface area (Å²) in [6.45, 7) is 1.22. The maximum atomic E-state index is 12.5. The quantitative estimate of drug-likeness (QED) is 0.626. The third-order valence-corrected chi connectivity index (χ3v) is 2.59. The molecule has 0 aliphatic rings. The first-order valence-electron chi connectivity index (χ1n) is 4.05. The van der Waals surface area contributed by atoms with Crippen LogP contribution in [0.25, 0.3) is 0 Å². The number of Topliss-reactive ketones (excluding diaryl/α,β-unsaturated/α-hetero) is 1. The van der Waals surface area contributed by atoms with Crippen molar-refractivity contribution in [1.29, 1.82) is 0 Å².